The monoisotopic (exact) mass is 371 g/mol. The van der Waals surface area contributed by atoms with E-state index in [9.17, 15) is 4.79 Å². The number of nitrogens with zero attached hydrogens (tertiary/aromatic N) is 1. The van der Waals surface area contributed by atoms with Gasteiger partial charge in [-0.2, -0.15) is 0 Å². The molecule has 3 aromatic rings. The molecule has 5 nitrogen and oxygen atoms in total. The van der Waals surface area contributed by atoms with Gasteiger partial charge in [0.1, 0.15) is 23.8 Å². The molecule has 0 amide bonds. The lowest BCUT2D eigenvalue weighted by atomic mass is 10.2. The number of halogens is 1. The third-order valence-electron chi connectivity index (χ3n) is 3.77. The van der Waals surface area contributed by atoms with Crippen LogP contribution in [0.2, 0.25) is 5.02 Å². The van der Waals surface area contributed by atoms with Crippen LogP contribution in [0.25, 0.3) is 11.5 Å². The molecule has 3 rings (SSSR count). The van der Waals surface area contributed by atoms with Gasteiger partial charge < -0.3 is 13.9 Å². The van der Waals surface area contributed by atoms with Gasteiger partial charge in [-0.05, 0) is 49.7 Å². The molecular formula is C20H18ClNO4. The normalized spacial score (nSPS) is 10.6. The van der Waals surface area contributed by atoms with Crippen LogP contribution in [-0.2, 0) is 16.1 Å². The average molecular weight is 372 g/mol. The molecule has 1 aromatic heterocycles. The summed E-state index contributed by atoms with van der Waals surface area (Å²) in [7, 11) is 0. The quantitative estimate of drug-likeness (QED) is 0.586. The van der Waals surface area contributed by atoms with E-state index in [0.29, 0.717) is 28.1 Å². The fraction of sp³-hybridized carbons (Fsp3) is 0.200. The Hall–Kier alpha value is -2.79. The van der Waals surface area contributed by atoms with Crippen molar-refractivity contribution in [1.29, 1.82) is 0 Å². The molecule has 0 radical (unpaired) electrons. The summed E-state index contributed by atoms with van der Waals surface area (Å²) >= 11 is 5.96. The molecule has 0 spiro atoms. The van der Waals surface area contributed by atoms with Crippen molar-refractivity contribution in [3.63, 3.8) is 0 Å². The number of esters is 1. The zero-order valence-corrected chi connectivity index (χ0v) is 15.2. The van der Waals surface area contributed by atoms with Crippen LogP contribution in [0.1, 0.15) is 17.0 Å². The maximum atomic E-state index is 11.9. The number of carbonyl (C=O) groups is 1. The molecule has 0 N–H and O–H groups in total. The molecule has 0 aliphatic heterocycles. The minimum absolute atomic E-state index is 0.0318. The largest absolute Gasteiger partial charge is 0.482 e. The maximum absolute atomic E-state index is 11.9. The summed E-state index contributed by atoms with van der Waals surface area (Å²) in [6.45, 7) is 3.49. The standard InChI is InChI=1S/C20H18ClNO4/c1-13-10-16(8-9-17(13)21)24-12-19(23)25-11-18-14(2)26-20(22-18)15-6-4-3-5-7-15/h3-10H,11-12H2,1-2H3. The fourth-order valence-corrected chi connectivity index (χ4v) is 2.42. The van der Waals surface area contributed by atoms with Crippen LogP contribution in [0.3, 0.4) is 0 Å². The third kappa shape index (κ3) is 4.43. The first kappa shape index (κ1) is 18.0. The SMILES string of the molecule is Cc1cc(OCC(=O)OCc2nc(-c3ccccc3)oc2C)ccc1Cl. The molecule has 6 heteroatoms. The zero-order chi connectivity index (χ0) is 18.5. The third-order valence-corrected chi connectivity index (χ3v) is 4.19. The van der Waals surface area contributed by atoms with Crippen LogP contribution in [0.5, 0.6) is 5.75 Å². The van der Waals surface area contributed by atoms with Crippen LogP contribution >= 0.6 is 11.6 Å². The summed E-state index contributed by atoms with van der Waals surface area (Å²) in [5.41, 5.74) is 2.33. The maximum Gasteiger partial charge on any atom is 0.344 e. The van der Waals surface area contributed by atoms with Crippen LogP contribution < -0.4 is 4.74 Å². The van der Waals surface area contributed by atoms with Crippen molar-refractivity contribution >= 4 is 17.6 Å². The highest BCUT2D eigenvalue weighted by molar-refractivity contribution is 6.31. The number of ether oxygens (including phenoxy) is 2. The second-order valence-electron chi connectivity index (χ2n) is 5.75. The van der Waals surface area contributed by atoms with Crippen molar-refractivity contribution in [3.8, 4) is 17.2 Å². The summed E-state index contributed by atoms with van der Waals surface area (Å²) in [6, 6.07) is 14.7. The fourth-order valence-electron chi connectivity index (χ4n) is 2.31. The molecular weight excluding hydrogens is 354 g/mol. The van der Waals surface area contributed by atoms with Gasteiger partial charge in [0.2, 0.25) is 5.89 Å². The van der Waals surface area contributed by atoms with E-state index in [-0.39, 0.29) is 13.2 Å². The van der Waals surface area contributed by atoms with Crippen LogP contribution in [0.15, 0.2) is 52.9 Å². The van der Waals surface area contributed by atoms with Crippen LogP contribution in [0.4, 0.5) is 0 Å². The first-order valence-corrected chi connectivity index (χ1v) is 8.47. The van der Waals surface area contributed by atoms with Crippen molar-refractivity contribution in [2.75, 3.05) is 6.61 Å². The smallest absolute Gasteiger partial charge is 0.344 e. The first-order chi connectivity index (χ1) is 12.5. The number of aryl methyl sites for hydroxylation is 2. The Bertz CT molecular complexity index is 905. The Morgan fingerprint density at radius 1 is 1.15 bits per heavy atom. The molecule has 0 unspecified atom stereocenters. The summed E-state index contributed by atoms with van der Waals surface area (Å²) in [4.78, 5) is 16.3. The second-order valence-corrected chi connectivity index (χ2v) is 6.16. The van der Waals surface area contributed by atoms with Gasteiger partial charge in [-0.15, -0.1) is 0 Å². The zero-order valence-electron chi connectivity index (χ0n) is 14.5. The van der Waals surface area contributed by atoms with E-state index in [4.69, 9.17) is 25.5 Å². The molecule has 26 heavy (non-hydrogen) atoms. The Labute approximate surface area is 156 Å². The molecule has 134 valence electrons. The Balaban J connectivity index is 1.54. The predicted octanol–water partition coefficient (Wildman–Crippen LogP) is 4.73. The van der Waals surface area contributed by atoms with E-state index < -0.39 is 5.97 Å². The van der Waals surface area contributed by atoms with E-state index in [0.717, 1.165) is 11.1 Å². The number of aromatic nitrogens is 1. The van der Waals surface area contributed by atoms with E-state index in [1.165, 1.54) is 0 Å². The summed E-state index contributed by atoms with van der Waals surface area (Å²) in [5.74, 6) is 1.20. The van der Waals surface area contributed by atoms with E-state index in [2.05, 4.69) is 4.98 Å². The van der Waals surface area contributed by atoms with Gasteiger partial charge in [-0.25, -0.2) is 9.78 Å². The van der Waals surface area contributed by atoms with Gasteiger partial charge >= 0.3 is 5.97 Å². The highest BCUT2D eigenvalue weighted by atomic mass is 35.5. The Morgan fingerprint density at radius 2 is 1.92 bits per heavy atom. The van der Waals surface area contributed by atoms with Crippen molar-refractivity contribution in [2.24, 2.45) is 0 Å². The molecule has 0 saturated carbocycles. The Kier molecular flexibility index (Phi) is 5.58. The van der Waals surface area contributed by atoms with Gasteiger partial charge in [-0.1, -0.05) is 29.8 Å². The molecule has 0 aliphatic carbocycles. The number of carbonyl (C=O) groups excluding carboxylic acids is 1. The molecule has 0 atom stereocenters. The highest BCUT2D eigenvalue weighted by Gasteiger charge is 2.13. The topological polar surface area (TPSA) is 61.6 Å². The number of hydrogen-bond acceptors (Lipinski definition) is 5. The van der Waals surface area contributed by atoms with E-state index >= 15 is 0 Å². The predicted molar refractivity (Wildman–Crippen MR) is 98.2 cm³/mol. The van der Waals surface area contributed by atoms with Gasteiger partial charge in [0.15, 0.2) is 6.61 Å². The van der Waals surface area contributed by atoms with Gasteiger partial charge in [0.05, 0.1) is 0 Å². The van der Waals surface area contributed by atoms with E-state index in [1.807, 2.05) is 37.3 Å². The summed E-state index contributed by atoms with van der Waals surface area (Å²) in [5, 5.41) is 0.649. The summed E-state index contributed by atoms with van der Waals surface area (Å²) < 4.78 is 16.3. The molecule has 0 saturated heterocycles. The summed E-state index contributed by atoms with van der Waals surface area (Å²) in [6.07, 6.45) is 0. The lowest BCUT2D eigenvalue weighted by Gasteiger charge is -2.07. The van der Waals surface area contributed by atoms with Crippen LogP contribution in [-0.4, -0.2) is 17.6 Å². The average Bonchev–Trinajstić information content (AvgIpc) is 3.02. The van der Waals surface area contributed by atoms with Gasteiger partial charge in [0.25, 0.3) is 0 Å². The number of benzene rings is 2. The molecule has 0 bridgehead atoms. The minimum Gasteiger partial charge on any atom is -0.482 e. The van der Waals surface area contributed by atoms with Gasteiger partial charge in [-0.3, -0.25) is 0 Å². The van der Waals surface area contributed by atoms with E-state index in [1.54, 1.807) is 25.1 Å². The molecule has 0 aliphatic rings. The number of rotatable bonds is 6. The minimum atomic E-state index is -0.485. The first-order valence-electron chi connectivity index (χ1n) is 8.09. The van der Waals surface area contributed by atoms with Crippen molar-refractivity contribution in [2.45, 2.75) is 20.5 Å². The van der Waals surface area contributed by atoms with Crippen molar-refractivity contribution < 1.29 is 18.7 Å². The lowest BCUT2D eigenvalue weighted by Crippen LogP contribution is -2.15. The molecule has 0 fully saturated rings. The second kappa shape index (κ2) is 8.06. The van der Waals surface area contributed by atoms with Crippen molar-refractivity contribution in [1.82, 2.24) is 4.98 Å². The van der Waals surface area contributed by atoms with Gasteiger partial charge in [0, 0.05) is 10.6 Å². The molecule has 2 aromatic carbocycles. The van der Waals surface area contributed by atoms with Crippen molar-refractivity contribution in [3.05, 3.63) is 70.6 Å². The Morgan fingerprint density at radius 3 is 2.65 bits per heavy atom. The number of hydrogen-bond donors (Lipinski definition) is 0. The van der Waals surface area contributed by atoms with Crippen LogP contribution in [0, 0.1) is 13.8 Å². The number of oxazole rings is 1. The lowest BCUT2D eigenvalue weighted by molar-refractivity contribution is -0.147. The molecule has 1 heterocycles. The highest BCUT2D eigenvalue weighted by Crippen LogP contribution is 2.22.